The third-order valence-corrected chi connectivity index (χ3v) is 4.91. The summed E-state index contributed by atoms with van der Waals surface area (Å²) >= 11 is 1.30. The number of aromatic nitrogens is 1. The average molecular weight is 376 g/mol. The highest BCUT2D eigenvalue weighted by molar-refractivity contribution is 7.13. The van der Waals surface area contributed by atoms with E-state index in [2.05, 4.69) is 15.6 Å². The van der Waals surface area contributed by atoms with Crippen molar-refractivity contribution in [2.45, 2.75) is 32.4 Å². The van der Waals surface area contributed by atoms with Crippen LogP contribution in [0.4, 0.5) is 14.3 Å². The Bertz CT molecular complexity index is 791. The van der Waals surface area contributed by atoms with Gasteiger partial charge in [-0.2, -0.15) is 0 Å². The van der Waals surface area contributed by atoms with Crippen LogP contribution >= 0.6 is 11.3 Å². The van der Waals surface area contributed by atoms with E-state index in [1.807, 2.05) is 5.38 Å². The molecule has 1 fully saturated rings. The summed E-state index contributed by atoms with van der Waals surface area (Å²) in [4.78, 5) is 29.9. The van der Waals surface area contributed by atoms with Gasteiger partial charge in [0, 0.05) is 25.4 Å². The Kier molecular flexibility index (Phi) is 5.82. The minimum absolute atomic E-state index is 0.128. The quantitative estimate of drug-likeness (QED) is 0.778. The van der Waals surface area contributed by atoms with Crippen molar-refractivity contribution >= 4 is 28.4 Å². The van der Waals surface area contributed by atoms with E-state index in [4.69, 9.17) is 0 Å². The molecule has 1 aromatic heterocycles. The fourth-order valence-electron chi connectivity index (χ4n) is 2.46. The number of thiazole rings is 1. The Labute approximate surface area is 155 Å². The zero-order valence-corrected chi connectivity index (χ0v) is 15.3. The van der Waals surface area contributed by atoms with Crippen molar-refractivity contribution in [3.05, 3.63) is 46.7 Å². The van der Waals surface area contributed by atoms with Gasteiger partial charge in [0.25, 0.3) is 0 Å². The zero-order valence-electron chi connectivity index (χ0n) is 14.5. The summed E-state index contributed by atoms with van der Waals surface area (Å²) in [7, 11) is 1.77. The van der Waals surface area contributed by atoms with Crippen LogP contribution in [0.25, 0.3) is 0 Å². The predicted molar refractivity (Wildman–Crippen MR) is 98.2 cm³/mol. The lowest BCUT2D eigenvalue weighted by molar-refractivity contribution is -0.130. The van der Waals surface area contributed by atoms with E-state index in [9.17, 15) is 14.0 Å². The first-order chi connectivity index (χ1) is 12.5. The molecule has 3 rings (SSSR count). The van der Waals surface area contributed by atoms with E-state index in [-0.39, 0.29) is 18.3 Å². The first-order valence-corrected chi connectivity index (χ1v) is 9.35. The first kappa shape index (κ1) is 18.3. The van der Waals surface area contributed by atoms with E-state index in [1.54, 1.807) is 24.1 Å². The molecule has 6 nitrogen and oxygen atoms in total. The van der Waals surface area contributed by atoms with Gasteiger partial charge in [-0.05, 0) is 36.5 Å². The van der Waals surface area contributed by atoms with Gasteiger partial charge < -0.3 is 10.2 Å². The van der Waals surface area contributed by atoms with Gasteiger partial charge in [-0.1, -0.05) is 12.1 Å². The zero-order chi connectivity index (χ0) is 18.5. The molecule has 1 aliphatic carbocycles. The van der Waals surface area contributed by atoms with Crippen molar-refractivity contribution in [3.8, 4) is 0 Å². The largest absolute Gasteiger partial charge is 0.340 e. The number of hydrogen-bond donors (Lipinski definition) is 2. The molecule has 1 saturated carbocycles. The number of carbonyl (C=O) groups is 2. The monoisotopic (exact) mass is 376 g/mol. The molecule has 0 aliphatic heterocycles. The van der Waals surface area contributed by atoms with Gasteiger partial charge in [0.15, 0.2) is 5.13 Å². The number of amides is 3. The summed E-state index contributed by atoms with van der Waals surface area (Å²) in [5.41, 5.74) is 1.41. The molecule has 0 radical (unpaired) electrons. The topological polar surface area (TPSA) is 74.3 Å². The van der Waals surface area contributed by atoms with Gasteiger partial charge in [0.1, 0.15) is 5.82 Å². The van der Waals surface area contributed by atoms with Gasteiger partial charge in [-0.15, -0.1) is 11.3 Å². The van der Waals surface area contributed by atoms with E-state index >= 15 is 0 Å². The predicted octanol–water partition coefficient (Wildman–Crippen LogP) is 3.36. The molecule has 1 aliphatic rings. The van der Waals surface area contributed by atoms with Crippen molar-refractivity contribution in [1.82, 2.24) is 15.2 Å². The van der Waals surface area contributed by atoms with E-state index in [1.165, 1.54) is 23.5 Å². The lowest BCUT2D eigenvalue weighted by Crippen LogP contribution is -2.28. The third-order valence-electron chi connectivity index (χ3n) is 4.10. The van der Waals surface area contributed by atoms with Gasteiger partial charge in [0.05, 0.1) is 12.2 Å². The van der Waals surface area contributed by atoms with Gasteiger partial charge in [-0.25, -0.2) is 14.2 Å². The second kappa shape index (κ2) is 8.27. The normalized spacial score (nSPS) is 13.3. The van der Waals surface area contributed by atoms with Gasteiger partial charge in [-0.3, -0.25) is 10.1 Å². The number of rotatable bonds is 7. The second-order valence-electron chi connectivity index (χ2n) is 6.48. The smallest absolute Gasteiger partial charge is 0.321 e. The van der Waals surface area contributed by atoms with Crippen LogP contribution in [0.3, 0.4) is 0 Å². The fraction of sp³-hybridized carbons (Fsp3) is 0.389. The molecule has 0 bridgehead atoms. The minimum atomic E-state index is -0.409. The van der Waals surface area contributed by atoms with Crippen molar-refractivity contribution in [1.29, 1.82) is 0 Å². The van der Waals surface area contributed by atoms with Crippen LogP contribution in [0.5, 0.6) is 0 Å². The maximum atomic E-state index is 13.1. The molecule has 2 aromatic rings. The summed E-state index contributed by atoms with van der Waals surface area (Å²) in [6.07, 6.45) is 2.90. The van der Waals surface area contributed by atoms with Crippen molar-refractivity contribution in [2.24, 2.45) is 5.92 Å². The van der Waals surface area contributed by atoms with Crippen molar-refractivity contribution in [2.75, 3.05) is 12.4 Å². The molecule has 2 N–H and O–H groups in total. The maximum Gasteiger partial charge on any atom is 0.321 e. The first-order valence-electron chi connectivity index (χ1n) is 8.47. The maximum absolute atomic E-state index is 13.1. The molecule has 0 saturated heterocycles. The minimum Gasteiger partial charge on any atom is -0.340 e. The molecular weight excluding hydrogens is 355 g/mol. The highest BCUT2D eigenvalue weighted by Crippen LogP contribution is 2.32. The molecule has 0 unspecified atom stereocenters. The van der Waals surface area contributed by atoms with Crippen molar-refractivity contribution < 1.29 is 14.0 Å². The average Bonchev–Trinajstić information content (AvgIpc) is 3.31. The van der Waals surface area contributed by atoms with Gasteiger partial charge >= 0.3 is 6.03 Å². The highest BCUT2D eigenvalue weighted by Gasteiger charge is 2.26. The Hall–Kier alpha value is -2.48. The molecule has 0 atom stereocenters. The fourth-order valence-corrected chi connectivity index (χ4v) is 3.16. The SMILES string of the molecule is CN(Cc1csc(NC(=O)NCc2cccc(F)c2)n1)C(=O)CC1CC1. The number of nitrogens with zero attached hydrogens (tertiary/aromatic N) is 2. The number of urea groups is 1. The summed E-state index contributed by atoms with van der Waals surface area (Å²) in [6.45, 7) is 0.648. The van der Waals surface area contributed by atoms with Crippen LogP contribution < -0.4 is 10.6 Å². The van der Waals surface area contributed by atoms with Crippen LogP contribution in [-0.2, 0) is 17.9 Å². The number of anilines is 1. The van der Waals surface area contributed by atoms with Crippen LogP contribution in [0.1, 0.15) is 30.5 Å². The van der Waals surface area contributed by atoms with E-state index in [0.717, 1.165) is 18.5 Å². The summed E-state index contributed by atoms with van der Waals surface area (Å²) in [6, 6.07) is 5.65. The molecule has 26 heavy (non-hydrogen) atoms. The Morgan fingerprint density at radius 3 is 2.92 bits per heavy atom. The molecule has 8 heteroatoms. The van der Waals surface area contributed by atoms with E-state index < -0.39 is 6.03 Å². The molecule has 1 aromatic carbocycles. The number of hydrogen-bond acceptors (Lipinski definition) is 4. The second-order valence-corrected chi connectivity index (χ2v) is 7.34. The van der Waals surface area contributed by atoms with Crippen LogP contribution in [0.2, 0.25) is 0 Å². The third kappa shape index (κ3) is 5.52. The molecule has 138 valence electrons. The number of carbonyl (C=O) groups excluding carboxylic acids is 2. The lowest BCUT2D eigenvalue weighted by Gasteiger charge is -2.15. The van der Waals surface area contributed by atoms with E-state index in [0.29, 0.717) is 29.6 Å². The molecule has 1 heterocycles. The Morgan fingerprint density at radius 1 is 1.38 bits per heavy atom. The molecular formula is C18H21FN4O2S. The summed E-state index contributed by atoms with van der Waals surface area (Å²) in [5, 5.41) is 7.59. The summed E-state index contributed by atoms with van der Waals surface area (Å²) < 4.78 is 13.1. The highest BCUT2D eigenvalue weighted by atomic mass is 32.1. The number of halogens is 1. The van der Waals surface area contributed by atoms with Crippen LogP contribution in [-0.4, -0.2) is 28.9 Å². The standard InChI is InChI=1S/C18H21FN4O2S/c1-23(16(24)8-12-5-6-12)10-15-11-26-18(21-15)22-17(25)20-9-13-3-2-4-14(19)7-13/h2-4,7,11-12H,5-6,8-10H2,1H3,(H2,20,21,22,25). The summed E-state index contributed by atoms with van der Waals surface area (Å²) in [5.74, 6) is 0.344. The lowest BCUT2D eigenvalue weighted by atomic mass is 10.2. The number of benzene rings is 1. The van der Waals surface area contributed by atoms with Crippen LogP contribution in [0, 0.1) is 11.7 Å². The number of nitrogens with one attached hydrogen (secondary N) is 2. The van der Waals surface area contributed by atoms with Crippen LogP contribution in [0.15, 0.2) is 29.6 Å². The molecule has 3 amide bonds. The Balaban J connectivity index is 1.45. The Morgan fingerprint density at radius 2 is 2.19 bits per heavy atom. The van der Waals surface area contributed by atoms with Crippen molar-refractivity contribution in [3.63, 3.8) is 0 Å². The van der Waals surface area contributed by atoms with Gasteiger partial charge in [0.2, 0.25) is 5.91 Å². The molecule has 0 spiro atoms.